The third-order valence-electron chi connectivity index (χ3n) is 2.25. The maximum Gasteiger partial charge on any atom is 0.128 e. The van der Waals surface area contributed by atoms with E-state index >= 15 is 0 Å². The smallest absolute Gasteiger partial charge is 0.128 e. The van der Waals surface area contributed by atoms with Crippen LogP contribution in [0.2, 0.25) is 5.02 Å². The van der Waals surface area contributed by atoms with Crippen LogP contribution in [0.15, 0.2) is 35.1 Å². The minimum atomic E-state index is 0.724. The third-order valence-corrected chi connectivity index (χ3v) is 2.50. The maximum absolute atomic E-state index is 5.85. The van der Waals surface area contributed by atoms with Crippen LogP contribution < -0.4 is 0 Å². The maximum atomic E-state index is 5.85. The number of benzene rings is 1. The van der Waals surface area contributed by atoms with Crippen LogP contribution in [0.3, 0.4) is 0 Å². The van der Waals surface area contributed by atoms with Crippen molar-refractivity contribution in [2.45, 2.75) is 6.54 Å². The molecule has 0 saturated heterocycles. The lowest BCUT2D eigenvalue weighted by Gasteiger charge is -2.08. The van der Waals surface area contributed by atoms with Gasteiger partial charge in [-0.05, 0) is 26.2 Å². The lowest BCUT2D eigenvalue weighted by atomic mass is 10.1. The molecule has 0 aliphatic heterocycles. The molecular formula is C12H13ClN2O. The monoisotopic (exact) mass is 236 g/mol. The van der Waals surface area contributed by atoms with E-state index in [1.165, 1.54) is 0 Å². The first-order valence-corrected chi connectivity index (χ1v) is 5.38. The molecule has 3 nitrogen and oxygen atoms in total. The van der Waals surface area contributed by atoms with Gasteiger partial charge in [-0.2, -0.15) is 0 Å². The Morgan fingerprint density at radius 3 is 2.56 bits per heavy atom. The van der Waals surface area contributed by atoms with Crippen LogP contribution in [0, 0.1) is 0 Å². The minimum Gasteiger partial charge on any atom is -0.364 e. The first kappa shape index (κ1) is 11.2. The summed E-state index contributed by atoms with van der Waals surface area (Å²) in [5.41, 5.74) is 2.98. The molecule has 0 atom stereocenters. The summed E-state index contributed by atoms with van der Waals surface area (Å²) in [6.45, 7) is 0.807. The van der Waals surface area contributed by atoms with Crippen molar-refractivity contribution in [3.05, 3.63) is 41.1 Å². The molecule has 0 spiro atoms. The Balaban J connectivity index is 2.33. The number of halogens is 1. The molecule has 1 aromatic heterocycles. The Labute approximate surface area is 99.6 Å². The molecule has 0 fully saturated rings. The first-order chi connectivity index (χ1) is 7.66. The molecule has 2 rings (SSSR count). The predicted molar refractivity (Wildman–Crippen MR) is 64.3 cm³/mol. The Morgan fingerprint density at radius 1 is 1.25 bits per heavy atom. The second kappa shape index (κ2) is 4.68. The molecule has 16 heavy (non-hydrogen) atoms. The molecule has 0 N–H and O–H groups in total. The Kier molecular flexibility index (Phi) is 3.27. The predicted octanol–water partition coefficient (Wildman–Crippen LogP) is 3.06. The molecule has 0 aliphatic carbocycles. The van der Waals surface area contributed by atoms with Crippen molar-refractivity contribution in [2.24, 2.45) is 0 Å². The van der Waals surface area contributed by atoms with Crippen LogP contribution in [0.4, 0.5) is 0 Å². The van der Waals surface area contributed by atoms with Gasteiger partial charge in [-0.3, -0.25) is 0 Å². The SMILES string of the molecule is CN(C)Cc1conc1-c1ccc(Cl)cc1. The van der Waals surface area contributed by atoms with Gasteiger partial charge in [0.05, 0.1) is 0 Å². The van der Waals surface area contributed by atoms with Crippen LogP contribution in [-0.2, 0) is 6.54 Å². The van der Waals surface area contributed by atoms with Gasteiger partial charge in [-0.25, -0.2) is 0 Å². The number of nitrogens with zero attached hydrogens (tertiary/aromatic N) is 2. The Morgan fingerprint density at radius 2 is 1.94 bits per heavy atom. The van der Waals surface area contributed by atoms with Crippen LogP contribution in [0.5, 0.6) is 0 Å². The van der Waals surface area contributed by atoms with Gasteiger partial charge < -0.3 is 9.42 Å². The fourth-order valence-corrected chi connectivity index (χ4v) is 1.68. The van der Waals surface area contributed by atoms with Crippen molar-refractivity contribution in [1.29, 1.82) is 0 Å². The Hall–Kier alpha value is -1.32. The third kappa shape index (κ3) is 2.43. The normalized spacial score (nSPS) is 11.0. The van der Waals surface area contributed by atoms with Gasteiger partial charge in [-0.15, -0.1) is 0 Å². The van der Waals surface area contributed by atoms with Crippen molar-refractivity contribution < 1.29 is 4.52 Å². The van der Waals surface area contributed by atoms with Crippen LogP contribution in [0.1, 0.15) is 5.56 Å². The molecule has 1 aromatic carbocycles. The van der Waals surface area contributed by atoms with Crippen molar-refractivity contribution >= 4 is 11.6 Å². The van der Waals surface area contributed by atoms with E-state index in [0.29, 0.717) is 0 Å². The molecule has 1 heterocycles. The molecule has 84 valence electrons. The van der Waals surface area contributed by atoms with Gasteiger partial charge in [-0.1, -0.05) is 28.9 Å². The van der Waals surface area contributed by atoms with Crippen LogP contribution in [-0.4, -0.2) is 24.2 Å². The fraction of sp³-hybridized carbons (Fsp3) is 0.250. The highest BCUT2D eigenvalue weighted by atomic mass is 35.5. The quantitative estimate of drug-likeness (QED) is 0.820. The summed E-state index contributed by atoms with van der Waals surface area (Å²) < 4.78 is 5.02. The zero-order valence-corrected chi connectivity index (χ0v) is 10.0. The lowest BCUT2D eigenvalue weighted by molar-refractivity contribution is 0.393. The average molecular weight is 237 g/mol. The van der Waals surface area contributed by atoms with Crippen molar-refractivity contribution in [1.82, 2.24) is 10.1 Å². The van der Waals surface area contributed by atoms with Gasteiger partial charge >= 0.3 is 0 Å². The van der Waals surface area contributed by atoms with E-state index in [1.807, 2.05) is 38.4 Å². The average Bonchev–Trinajstić information content (AvgIpc) is 2.66. The summed E-state index contributed by atoms with van der Waals surface area (Å²) in [5.74, 6) is 0. The molecule has 0 radical (unpaired) electrons. The van der Waals surface area contributed by atoms with E-state index in [4.69, 9.17) is 16.1 Å². The van der Waals surface area contributed by atoms with Gasteiger partial charge in [0.25, 0.3) is 0 Å². The highest BCUT2D eigenvalue weighted by Gasteiger charge is 2.10. The van der Waals surface area contributed by atoms with Gasteiger partial charge in [0.2, 0.25) is 0 Å². The second-order valence-electron chi connectivity index (χ2n) is 3.93. The first-order valence-electron chi connectivity index (χ1n) is 5.01. The van der Waals surface area contributed by atoms with Crippen molar-refractivity contribution in [2.75, 3.05) is 14.1 Å². The van der Waals surface area contributed by atoms with E-state index < -0.39 is 0 Å². The van der Waals surface area contributed by atoms with E-state index in [1.54, 1.807) is 6.26 Å². The minimum absolute atomic E-state index is 0.724. The Bertz CT molecular complexity index is 462. The zero-order chi connectivity index (χ0) is 11.5. The molecule has 0 aliphatic rings. The van der Waals surface area contributed by atoms with E-state index in [0.717, 1.165) is 28.4 Å². The van der Waals surface area contributed by atoms with E-state index in [2.05, 4.69) is 10.1 Å². The van der Waals surface area contributed by atoms with Gasteiger partial charge in [0.1, 0.15) is 12.0 Å². The molecule has 0 unspecified atom stereocenters. The van der Waals surface area contributed by atoms with Crippen molar-refractivity contribution in [3.8, 4) is 11.3 Å². The number of hydrogen-bond donors (Lipinski definition) is 0. The van der Waals surface area contributed by atoms with Gasteiger partial charge in [0, 0.05) is 22.7 Å². The van der Waals surface area contributed by atoms with Gasteiger partial charge in [0.15, 0.2) is 0 Å². The molecular weight excluding hydrogens is 224 g/mol. The standard InChI is InChI=1S/C12H13ClN2O/c1-15(2)7-10-8-16-14-12(10)9-3-5-11(13)6-4-9/h3-6,8H,7H2,1-2H3. The largest absolute Gasteiger partial charge is 0.364 e. The molecule has 0 bridgehead atoms. The number of aromatic nitrogens is 1. The lowest BCUT2D eigenvalue weighted by Crippen LogP contribution is -2.10. The summed E-state index contributed by atoms with van der Waals surface area (Å²) in [6, 6.07) is 7.59. The highest BCUT2D eigenvalue weighted by molar-refractivity contribution is 6.30. The molecule has 4 heteroatoms. The summed E-state index contributed by atoms with van der Waals surface area (Å²) in [4.78, 5) is 2.08. The fourth-order valence-electron chi connectivity index (χ4n) is 1.56. The number of hydrogen-bond acceptors (Lipinski definition) is 3. The topological polar surface area (TPSA) is 29.3 Å². The summed E-state index contributed by atoms with van der Waals surface area (Å²) in [5, 5.41) is 4.75. The number of rotatable bonds is 3. The van der Waals surface area contributed by atoms with E-state index in [9.17, 15) is 0 Å². The molecule has 0 amide bonds. The summed E-state index contributed by atoms with van der Waals surface area (Å²) in [6.07, 6.45) is 1.68. The van der Waals surface area contributed by atoms with Crippen LogP contribution >= 0.6 is 11.6 Å². The van der Waals surface area contributed by atoms with E-state index in [-0.39, 0.29) is 0 Å². The molecule has 0 saturated carbocycles. The summed E-state index contributed by atoms with van der Waals surface area (Å²) >= 11 is 5.85. The highest BCUT2D eigenvalue weighted by Crippen LogP contribution is 2.24. The second-order valence-corrected chi connectivity index (χ2v) is 4.37. The van der Waals surface area contributed by atoms with Crippen molar-refractivity contribution in [3.63, 3.8) is 0 Å². The summed E-state index contributed by atoms with van der Waals surface area (Å²) in [7, 11) is 4.03. The molecule has 2 aromatic rings. The zero-order valence-electron chi connectivity index (χ0n) is 9.27. The van der Waals surface area contributed by atoms with Crippen LogP contribution in [0.25, 0.3) is 11.3 Å².